The molecule has 13 heavy (non-hydrogen) atoms. The lowest BCUT2D eigenvalue weighted by atomic mass is 10.2. The molecule has 1 aliphatic rings. The van der Waals surface area contributed by atoms with Crippen molar-refractivity contribution in [2.45, 2.75) is 11.0 Å². The summed E-state index contributed by atoms with van der Waals surface area (Å²) in [4.78, 5) is 0.358. The fraction of sp³-hybridized carbons (Fsp3) is 0.333. The van der Waals surface area contributed by atoms with Gasteiger partial charge in [-0.25, -0.2) is 8.42 Å². The molecule has 2 rings (SSSR count). The number of hydrogen-bond acceptors (Lipinski definition) is 3. The normalized spacial score (nSPS) is 21.5. The summed E-state index contributed by atoms with van der Waals surface area (Å²) in [5.74, 6) is 0. The number of benzene rings is 1. The second kappa shape index (κ2) is 2.82. The molecule has 70 valence electrons. The second-order valence-electron chi connectivity index (χ2n) is 3.16. The van der Waals surface area contributed by atoms with Gasteiger partial charge in [-0.3, -0.25) is 0 Å². The van der Waals surface area contributed by atoms with Crippen molar-refractivity contribution in [1.82, 2.24) is 0 Å². The summed E-state index contributed by atoms with van der Waals surface area (Å²) in [7, 11) is -3.07. The highest BCUT2D eigenvalue weighted by Crippen LogP contribution is 2.29. The Morgan fingerprint density at radius 1 is 1.31 bits per heavy atom. The Morgan fingerprint density at radius 3 is 2.23 bits per heavy atom. The van der Waals surface area contributed by atoms with Gasteiger partial charge in [0, 0.05) is 6.26 Å². The monoisotopic (exact) mass is 198 g/mol. The van der Waals surface area contributed by atoms with E-state index in [0.29, 0.717) is 4.90 Å². The maximum atomic E-state index is 11.1. The van der Waals surface area contributed by atoms with Crippen molar-refractivity contribution in [2.75, 3.05) is 12.9 Å². The predicted molar refractivity (Wildman–Crippen MR) is 48.2 cm³/mol. The van der Waals surface area contributed by atoms with Crippen LogP contribution in [-0.2, 0) is 14.6 Å². The maximum Gasteiger partial charge on any atom is 0.175 e. The largest absolute Gasteiger partial charge is 0.368 e. The van der Waals surface area contributed by atoms with E-state index in [4.69, 9.17) is 4.74 Å². The lowest BCUT2D eigenvalue weighted by molar-refractivity contribution is 0.415. The minimum absolute atomic E-state index is 0.189. The van der Waals surface area contributed by atoms with Crippen molar-refractivity contribution in [3.63, 3.8) is 0 Å². The standard InChI is InChI=1S/C9H10O3S/c1-13(10,11)8-4-2-7(3-5-8)9-6-12-9/h2-5,9H,6H2,1H3. The SMILES string of the molecule is CS(=O)(=O)c1ccc(C2CO2)cc1. The van der Waals surface area contributed by atoms with Gasteiger partial charge in [0.15, 0.2) is 9.84 Å². The minimum atomic E-state index is -3.07. The van der Waals surface area contributed by atoms with Crippen molar-refractivity contribution in [2.24, 2.45) is 0 Å². The molecule has 3 nitrogen and oxygen atoms in total. The molecule has 1 aromatic rings. The molecule has 1 aliphatic heterocycles. The lowest BCUT2D eigenvalue weighted by Crippen LogP contribution is -1.96. The smallest absolute Gasteiger partial charge is 0.175 e. The number of ether oxygens (including phenoxy) is 1. The Balaban J connectivity index is 2.33. The number of sulfone groups is 1. The molecule has 1 saturated heterocycles. The zero-order chi connectivity index (χ0) is 9.47. The Bertz CT molecular complexity index is 401. The van der Waals surface area contributed by atoms with Crippen LogP contribution in [0.15, 0.2) is 29.2 Å². The first kappa shape index (κ1) is 8.72. The summed E-state index contributed by atoms with van der Waals surface area (Å²) < 4.78 is 27.3. The van der Waals surface area contributed by atoms with E-state index < -0.39 is 9.84 Å². The third-order valence-electron chi connectivity index (χ3n) is 2.01. The molecule has 1 aromatic carbocycles. The summed E-state index contributed by atoms with van der Waals surface area (Å²) in [6.07, 6.45) is 1.39. The Hall–Kier alpha value is -0.870. The molecule has 0 amide bonds. The van der Waals surface area contributed by atoms with Crippen LogP contribution in [0.5, 0.6) is 0 Å². The van der Waals surface area contributed by atoms with E-state index in [1.165, 1.54) is 6.26 Å². The van der Waals surface area contributed by atoms with Gasteiger partial charge < -0.3 is 4.74 Å². The highest BCUT2D eigenvalue weighted by molar-refractivity contribution is 7.90. The molecule has 0 spiro atoms. The van der Waals surface area contributed by atoms with Crippen molar-refractivity contribution < 1.29 is 13.2 Å². The van der Waals surface area contributed by atoms with Gasteiger partial charge in [0.25, 0.3) is 0 Å². The lowest BCUT2D eigenvalue weighted by Gasteiger charge is -1.98. The average molecular weight is 198 g/mol. The van der Waals surface area contributed by atoms with Crippen LogP contribution in [0, 0.1) is 0 Å². The van der Waals surface area contributed by atoms with Gasteiger partial charge in [-0.1, -0.05) is 12.1 Å². The fourth-order valence-electron chi connectivity index (χ4n) is 1.17. The zero-order valence-corrected chi connectivity index (χ0v) is 8.04. The Morgan fingerprint density at radius 2 is 1.85 bits per heavy atom. The van der Waals surface area contributed by atoms with E-state index in [1.807, 2.05) is 0 Å². The van der Waals surface area contributed by atoms with Gasteiger partial charge in [0.1, 0.15) is 6.10 Å². The van der Waals surface area contributed by atoms with Crippen LogP contribution < -0.4 is 0 Å². The van der Waals surface area contributed by atoms with E-state index in [0.717, 1.165) is 12.2 Å². The molecule has 0 saturated carbocycles. The molecule has 0 N–H and O–H groups in total. The molecule has 0 aliphatic carbocycles. The highest BCUT2D eigenvalue weighted by atomic mass is 32.2. The van der Waals surface area contributed by atoms with Crippen molar-refractivity contribution in [3.8, 4) is 0 Å². The van der Waals surface area contributed by atoms with Crippen LogP contribution >= 0.6 is 0 Å². The van der Waals surface area contributed by atoms with Gasteiger partial charge in [-0.05, 0) is 17.7 Å². The molecule has 1 heterocycles. The summed E-state index contributed by atoms with van der Waals surface area (Å²) in [6, 6.07) is 6.83. The van der Waals surface area contributed by atoms with Crippen molar-refractivity contribution in [3.05, 3.63) is 29.8 Å². The quantitative estimate of drug-likeness (QED) is 0.670. The fourth-order valence-corrected chi connectivity index (χ4v) is 1.80. The van der Waals surface area contributed by atoms with E-state index in [1.54, 1.807) is 24.3 Å². The van der Waals surface area contributed by atoms with Crippen LogP contribution in [0.2, 0.25) is 0 Å². The molecule has 1 fully saturated rings. The van der Waals surface area contributed by atoms with Crippen LogP contribution in [0.25, 0.3) is 0 Å². The van der Waals surface area contributed by atoms with Gasteiger partial charge >= 0.3 is 0 Å². The minimum Gasteiger partial charge on any atom is -0.368 e. The van der Waals surface area contributed by atoms with Crippen LogP contribution in [0.3, 0.4) is 0 Å². The molecular weight excluding hydrogens is 188 g/mol. The van der Waals surface area contributed by atoms with Crippen molar-refractivity contribution in [1.29, 1.82) is 0 Å². The summed E-state index contributed by atoms with van der Waals surface area (Å²) in [5, 5.41) is 0. The van der Waals surface area contributed by atoms with E-state index >= 15 is 0 Å². The molecule has 0 radical (unpaired) electrons. The van der Waals surface area contributed by atoms with E-state index in [-0.39, 0.29) is 6.10 Å². The third-order valence-corrected chi connectivity index (χ3v) is 3.14. The third kappa shape index (κ3) is 1.89. The molecule has 0 bridgehead atoms. The van der Waals surface area contributed by atoms with Gasteiger partial charge in [-0.2, -0.15) is 0 Å². The van der Waals surface area contributed by atoms with Crippen LogP contribution in [-0.4, -0.2) is 21.3 Å². The van der Waals surface area contributed by atoms with Gasteiger partial charge in [0.05, 0.1) is 11.5 Å². The summed E-state index contributed by atoms with van der Waals surface area (Å²) >= 11 is 0. The molecule has 1 unspecified atom stereocenters. The topological polar surface area (TPSA) is 46.7 Å². The number of epoxide rings is 1. The first-order chi connectivity index (χ1) is 6.07. The average Bonchev–Trinajstić information content (AvgIpc) is 2.85. The van der Waals surface area contributed by atoms with E-state index in [9.17, 15) is 8.42 Å². The second-order valence-corrected chi connectivity index (χ2v) is 5.18. The Kier molecular flexibility index (Phi) is 1.89. The van der Waals surface area contributed by atoms with E-state index in [2.05, 4.69) is 0 Å². The Labute approximate surface area is 77.3 Å². The first-order valence-corrected chi connectivity index (χ1v) is 5.88. The highest BCUT2D eigenvalue weighted by Gasteiger charge is 2.24. The predicted octanol–water partition coefficient (Wildman–Crippen LogP) is 1.16. The number of rotatable bonds is 2. The van der Waals surface area contributed by atoms with Gasteiger partial charge in [-0.15, -0.1) is 0 Å². The van der Waals surface area contributed by atoms with Crippen LogP contribution in [0.4, 0.5) is 0 Å². The zero-order valence-electron chi connectivity index (χ0n) is 7.23. The van der Waals surface area contributed by atoms with Crippen molar-refractivity contribution >= 4 is 9.84 Å². The number of hydrogen-bond donors (Lipinski definition) is 0. The molecular formula is C9H10O3S. The maximum absolute atomic E-state index is 11.1. The van der Waals surface area contributed by atoms with Crippen LogP contribution in [0.1, 0.15) is 11.7 Å². The summed E-state index contributed by atoms with van der Waals surface area (Å²) in [6.45, 7) is 0.748. The summed E-state index contributed by atoms with van der Waals surface area (Å²) in [5.41, 5.74) is 1.05. The molecule has 4 heteroatoms. The molecule has 0 aromatic heterocycles. The first-order valence-electron chi connectivity index (χ1n) is 3.99. The van der Waals surface area contributed by atoms with Gasteiger partial charge in [0.2, 0.25) is 0 Å². The molecule has 1 atom stereocenters.